The maximum atomic E-state index is 12.5. The number of anilines is 3. The number of nitrogens with two attached hydrogens (primary N) is 1. The minimum atomic E-state index is -0.177. The van der Waals surface area contributed by atoms with Crippen molar-refractivity contribution >= 4 is 34.6 Å². The van der Waals surface area contributed by atoms with Gasteiger partial charge in [0.25, 0.3) is 5.91 Å². The lowest BCUT2D eigenvalue weighted by atomic mass is 10.0. The lowest BCUT2D eigenvalue weighted by Gasteiger charge is -2.36. The van der Waals surface area contributed by atoms with E-state index in [0.29, 0.717) is 28.0 Å². The number of rotatable bonds is 3. The molecule has 4 nitrogen and oxygen atoms in total. The largest absolute Gasteiger partial charge is 0.397 e. The maximum Gasteiger partial charge on any atom is 0.255 e. The highest BCUT2D eigenvalue weighted by atomic mass is 35.5. The Bertz CT molecular complexity index is 773. The predicted molar refractivity (Wildman–Crippen MR) is 106 cm³/mol. The third-order valence-corrected chi connectivity index (χ3v) is 5.10. The maximum absolute atomic E-state index is 12.5. The zero-order valence-electron chi connectivity index (χ0n) is 14.7. The SMILES string of the molecule is Cc1ccc(C(=O)Nc2cc(N3CCCC[C@@H]3C)c(N)cc2Cl)cc1. The molecule has 0 aliphatic carbocycles. The van der Waals surface area contributed by atoms with Crippen LogP contribution in [0, 0.1) is 6.92 Å². The van der Waals surface area contributed by atoms with Crippen molar-refractivity contribution in [2.75, 3.05) is 22.5 Å². The number of hydrogen-bond acceptors (Lipinski definition) is 3. The quantitative estimate of drug-likeness (QED) is 0.771. The molecular weight excluding hydrogens is 334 g/mol. The first-order valence-electron chi connectivity index (χ1n) is 8.69. The molecule has 25 heavy (non-hydrogen) atoms. The normalized spacial score (nSPS) is 17.4. The highest BCUT2D eigenvalue weighted by molar-refractivity contribution is 6.34. The van der Waals surface area contributed by atoms with Crippen LogP contribution in [0.15, 0.2) is 36.4 Å². The Morgan fingerprint density at radius 2 is 1.96 bits per heavy atom. The Balaban J connectivity index is 1.87. The van der Waals surface area contributed by atoms with Crippen LogP contribution in [0.3, 0.4) is 0 Å². The van der Waals surface area contributed by atoms with Gasteiger partial charge in [0, 0.05) is 18.2 Å². The highest BCUT2D eigenvalue weighted by Gasteiger charge is 2.22. The fourth-order valence-electron chi connectivity index (χ4n) is 3.28. The summed E-state index contributed by atoms with van der Waals surface area (Å²) in [6.45, 7) is 5.17. The second-order valence-corrected chi connectivity index (χ2v) is 7.16. The number of benzene rings is 2. The second kappa shape index (κ2) is 7.36. The van der Waals surface area contributed by atoms with Crippen LogP contribution >= 0.6 is 11.6 Å². The van der Waals surface area contributed by atoms with Gasteiger partial charge in [0.05, 0.1) is 22.1 Å². The second-order valence-electron chi connectivity index (χ2n) is 6.75. The molecule has 0 saturated carbocycles. The molecular formula is C20H24ClN3O. The van der Waals surface area contributed by atoms with Gasteiger partial charge in [-0.3, -0.25) is 4.79 Å². The molecule has 0 unspecified atom stereocenters. The summed E-state index contributed by atoms with van der Waals surface area (Å²) in [7, 11) is 0. The summed E-state index contributed by atoms with van der Waals surface area (Å²) >= 11 is 6.32. The van der Waals surface area contributed by atoms with Crippen LogP contribution < -0.4 is 16.0 Å². The molecule has 1 amide bonds. The number of hydrogen-bond donors (Lipinski definition) is 2. The molecule has 1 atom stereocenters. The van der Waals surface area contributed by atoms with Crippen molar-refractivity contribution in [3.63, 3.8) is 0 Å². The molecule has 1 saturated heterocycles. The predicted octanol–water partition coefficient (Wildman–Crippen LogP) is 4.86. The molecule has 2 aromatic rings. The number of nitrogen functional groups attached to an aromatic ring is 1. The molecule has 0 spiro atoms. The van der Waals surface area contributed by atoms with Gasteiger partial charge in [-0.1, -0.05) is 29.3 Å². The van der Waals surface area contributed by atoms with Crippen molar-refractivity contribution in [1.29, 1.82) is 0 Å². The van der Waals surface area contributed by atoms with Crippen molar-refractivity contribution in [3.05, 3.63) is 52.5 Å². The summed E-state index contributed by atoms with van der Waals surface area (Å²) in [5.41, 5.74) is 10.1. The Labute approximate surface area is 154 Å². The Morgan fingerprint density at radius 1 is 1.24 bits per heavy atom. The lowest BCUT2D eigenvalue weighted by Crippen LogP contribution is -2.37. The van der Waals surface area contributed by atoms with Gasteiger partial charge < -0.3 is 16.0 Å². The summed E-state index contributed by atoms with van der Waals surface area (Å²) in [4.78, 5) is 14.8. The van der Waals surface area contributed by atoms with Crippen LogP contribution in [-0.2, 0) is 0 Å². The van der Waals surface area contributed by atoms with E-state index in [1.54, 1.807) is 6.07 Å². The molecule has 1 aliphatic rings. The van der Waals surface area contributed by atoms with Crippen LogP contribution in [0.5, 0.6) is 0 Å². The minimum absolute atomic E-state index is 0.177. The number of carbonyl (C=O) groups is 1. The van der Waals surface area contributed by atoms with Crippen molar-refractivity contribution in [1.82, 2.24) is 0 Å². The third-order valence-electron chi connectivity index (χ3n) is 4.79. The van der Waals surface area contributed by atoms with Crippen LogP contribution in [-0.4, -0.2) is 18.5 Å². The van der Waals surface area contributed by atoms with Crippen LogP contribution in [0.4, 0.5) is 17.1 Å². The molecule has 1 heterocycles. The topological polar surface area (TPSA) is 58.4 Å². The lowest BCUT2D eigenvalue weighted by molar-refractivity contribution is 0.102. The number of amides is 1. The van der Waals surface area contributed by atoms with E-state index in [-0.39, 0.29) is 5.91 Å². The van der Waals surface area contributed by atoms with Crippen molar-refractivity contribution in [2.24, 2.45) is 0 Å². The molecule has 2 aromatic carbocycles. The van der Waals surface area contributed by atoms with E-state index in [4.69, 9.17) is 17.3 Å². The molecule has 3 rings (SSSR count). The van der Waals surface area contributed by atoms with E-state index < -0.39 is 0 Å². The first-order chi connectivity index (χ1) is 12.0. The number of nitrogens with zero attached hydrogens (tertiary/aromatic N) is 1. The molecule has 0 radical (unpaired) electrons. The summed E-state index contributed by atoms with van der Waals surface area (Å²) in [6.07, 6.45) is 3.53. The van der Waals surface area contributed by atoms with Gasteiger partial charge in [0.2, 0.25) is 0 Å². The van der Waals surface area contributed by atoms with Gasteiger partial charge in [0.15, 0.2) is 0 Å². The van der Waals surface area contributed by atoms with Crippen LogP contribution in [0.2, 0.25) is 5.02 Å². The van der Waals surface area contributed by atoms with Gasteiger partial charge in [-0.2, -0.15) is 0 Å². The van der Waals surface area contributed by atoms with E-state index in [9.17, 15) is 4.79 Å². The summed E-state index contributed by atoms with van der Waals surface area (Å²) in [5, 5.41) is 3.36. The fraction of sp³-hybridized carbons (Fsp3) is 0.350. The Morgan fingerprint density at radius 3 is 2.64 bits per heavy atom. The minimum Gasteiger partial charge on any atom is -0.397 e. The summed E-state index contributed by atoms with van der Waals surface area (Å²) < 4.78 is 0. The average molecular weight is 358 g/mol. The summed E-state index contributed by atoms with van der Waals surface area (Å²) in [6, 6.07) is 11.5. The standard InChI is InChI=1S/C20H24ClN3O/c1-13-6-8-15(9-7-13)20(25)23-18-12-19(17(22)11-16(18)21)24-10-4-3-5-14(24)2/h6-9,11-12,14H,3-5,10,22H2,1-2H3,(H,23,25)/t14-/m0/s1. The van der Waals surface area contributed by atoms with Gasteiger partial charge >= 0.3 is 0 Å². The van der Waals surface area contributed by atoms with E-state index in [0.717, 1.165) is 30.6 Å². The molecule has 3 N–H and O–H groups in total. The van der Waals surface area contributed by atoms with Crippen molar-refractivity contribution in [2.45, 2.75) is 39.2 Å². The first kappa shape index (κ1) is 17.6. The zero-order valence-corrected chi connectivity index (χ0v) is 15.4. The van der Waals surface area contributed by atoms with Crippen LogP contribution in [0.1, 0.15) is 42.1 Å². The van der Waals surface area contributed by atoms with Crippen molar-refractivity contribution in [3.8, 4) is 0 Å². The number of nitrogens with one attached hydrogen (secondary N) is 1. The van der Waals surface area contributed by atoms with Gasteiger partial charge in [-0.05, 0) is 57.4 Å². The van der Waals surface area contributed by atoms with E-state index in [1.807, 2.05) is 37.3 Å². The van der Waals surface area contributed by atoms with Gasteiger partial charge in [-0.15, -0.1) is 0 Å². The summed E-state index contributed by atoms with van der Waals surface area (Å²) in [5.74, 6) is -0.177. The monoisotopic (exact) mass is 357 g/mol. The van der Waals surface area contributed by atoms with Gasteiger partial charge in [0.1, 0.15) is 0 Å². The number of piperidine rings is 1. The van der Waals surface area contributed by atoms with Crippen molar-refractivity contribution < 1.29 is 4.79 Å². The number of carbonyl (C=O) groups excluding carboxylic acids is 1. The zero-order chi connectivity index (χ0) is 18.0. The molecule has 1 aliphatic heterocycles. The van der Waals surface area contributed by atoms with Crippen LogP contribution in [0.25, 0.3) is 0 Å². The molecule has 0 aromatic heterocycles. The average Bonchev–Trinajstić information content (AvgIpc) is 2.58. The highest BCUT2D eigenvalue weighted by Crippen LogP contribution is 2.36. The smallest absolute Gasteiger partial charge is 0.255 e. The van der Waals surface area contributed by atoms with Gasteiger partial charge in [-0.25, -0.2) is 0 Å². The van der Waals surface area contributed by atoms with E-state index in [1.165, 1.54) is 6.42 Å². The molecule has 0 bridgehead atoms. The number of halogens is 1. The Hall–Kier alpha value is -2.20. The molecule has 5 heteroatoms. The number of aryl methyl sites for hydroxylation is 1. The Kier molecular flexibility index (Phi) is 5.19. The molecule has 1 fully saturated rings. The fourth-order valence-corrected chi connectivity index (χ4v) is 3.50. The van der Waals surface area contributed by atoms with E-state index in [2.05, 4.69) is 17.1 Å². The molecule has 132 valence electrons. The van der Waals surface area contributed by atoms with E-state index >= 15 is 0 Å². The first-order valence-corrected chi connectivity index (χ1v) is 9.07. The third kappa shape index (κ3) is 3.90.